The SMILES string of the molecule is NC(CNC(=O)c1c(F)cc(F)cc1F)=NO. The van der Waals surface area contributed by atoms with Crippen molar-refractivity contribution in [3.8, 4) is 0 Å². The van der Waals surface area contributed by atoms with E-state index in [2.05, 4.69) is 5.16 Å². The van der Waals surface area contributed by atoms with E-state index in [9.17, 15) is 18.0 Å². The van der Waals surface area contributed by atoms with Crippen LogP contribution in [0.2, 0.25) is 0 Å². The molecule has 1 aromatic carbocycles. The summed E-state index contributed by atoms with van der Waals surface area (Å²) in [4.78, 5) is 11.3. The minimum Gasteiger partial charge on any atom is -0.409 e. The third-order valence-electron chi connectivity index (χ3n) is 1.79. The van der Waals surface area contributed by atoms with Crippen LogP contribution in [0.5, 0.6) is 0 Å². The van der Waals surface area contributed by atoms with Gasteiger partial charge in [-0.25, -0.2) is 13.2 Å². The first-order valence-corrected chi connectivity index (χ1v) is 4.35. The fraction of sp³-hybridized carbons (Fsp3) is 0.111. The average Bonchev–Trinajstić information content (AvgIpc) is 2.24. The standard InChI is InChI=1S/C9H8F3N3O2/c10-4-1-5(11)8(6(12)2-4)9(16)14-3-7(13)15-17/h1-2,17H,3H2,(H2,13,15)(H,14,16). The van der Waals surface area contributed by atoms with E-state index in [1.54, 1.807) is 0 Å². The molecule has 0 aliphatic carbocycles. The van der Waals surface area contributed by atoms with Crippen molar-refractivity contribution in [2.24, 2.45) is 10.9 Å². The minimum absolute atomic E-state index is 0.346. The van der Waals surface area contributed by atoms with Crippen molar-refractivity contribution in [3.05, 3.63) is 35.1 Å². The Morgan fingerprint density at radius 2 is 1.88 bits per heavy atom. The summed E-state index contributed by atoms with van der Waals surface area (Å²) in [5.74, 6) is -5.28. The summed E-state index contributed by atoms with van der Waals surface area (Å²) in [6, 6.07) is 0.753. The number of nitrogens with one attached hydrogen (secondary N) is 1. The summed E-state index contributed by atoms with van der Waals surface area (Å²) in [5, 5.41) is 12.7. The molecular formula is C9H8F3N3O2. The number of hydrogen-bond donors (Lipinski definition) is 3. The molecule has 0 saturated carbocycles. The number of hydrogen-bond acceptors (Lipinski definition) is 3. The maximum Gasteiger partial charge on any atom is 0.257 e. The first-order valence-electron chi connectivity index (χ1n) is 4.35. The maximum atomic E-state index is 13.1. The molecule has 0 unspecified atom stereocenters. The Morgan fingerprint density at radius 1 is 1.35 bits per heavy atom. The predicted octanol–water partition coefficient (Wildman–Crippen LogP) is 0.580. The fourth-order valence-corrected chi connectivity index (χ4v) is 1.05. The molecule has 0 bridgehead atoms. The number of oxime groups is 1. The molecule has 4 N–H and O–H groups in total. The number of halogens is 3. The van der Waals surface area contributed by atoms with E-state index in [0.717, 1.165) is 0 Å². The van der Waals surface area contributed by atoms with Gasteiger partial charge in [0.1, 0.15) is 23.0 Å². The summed E-state index contributed by atoms with van der Waals surface area (Å²) in [6.07, 6.45) is 0. The van der Waals surface area contributed by atoms with Gasteiger partial charge >= 0.3 is 0 Å². The second kappa shape index (κ2) is 5.19. The van der Waals surface area contributed by atoms with Crippen molar-refractivity contribution in [3.63, 3.8) is 0 Å². The number of nitrogens with two attached hydrogens (primary N) is 1. The molecule has 0 aliphatic rings. The van der Waals surface area contributed by atoms with Crippen LogP contribution in [0.4, 0.5) is 13.2 Å². The Kier molecular flexibility index (Phi) is 3.91. The van der Waals surface area contributed by atoms with E-state index in [4.69, 9.17) is 10.9 Å². The van der Waals surface area contributed by atoms with Gasteiger partial charge in [0.15, 0.2) is 5.84 Å². The van der Waals surface area contributed by atoms with Crippen LogP contribution in [0, 0.1) is 17.5 Å². The zero-order valence-corrected chi connectivity index (χ0v) is 8.38. The summed E-state index contributed by atoms with van der Waals surface area (Å²) in [6.45, 7) is -0.397. The summed E-state index contributed by atoms with van der Waals surface area (Å²) in [5.41, 5.74) is 4.10. The highest BCUT2D eigenvalue weighted by Gasteiger charge is 2.18. The summed E-state index contributed by atoms with van der Waals surface area (Å²) >= 11 is 0. The number of rotatable bonds is 3. The zero-order valence-electron chi connectivity index (χ0n) is 8.38. The molecule has 0 heterocycles. The second-order valence-corrected chi connectivity index (χ2v) is 3.02. The van der Waals surface area contributed by atoms with Crippen molar-refractivity contribution >= 4 is 11.7 Å². The molecule has 0 radical (unpaired) electrons. The lowest BCUT2D eigenvalue weighted by Gasteiger charge is -2.06. The molecule has 0 atom stereocenters. The Bertz CT molecular complexity index is 454. The molecule has 8 heteroatoms. The average molecular weight is 247 g/mol. The number of amides is 1. The number of benzene rings is 1. The molecule has 92 valence electrons. The molecule has 0 saturated heterocycles. The van der Waals surface area contributed by atoms with E-state index in [0.29, 0.717) is 12.1 Å². The van der Waals surface area contributed by atoms with Crippen LogP contribution in [0.3, 0.4) is 0 Å². The third-order valence-corrected chi connectivity index (χ3v) is 1.79. The number of nitrogens with zero attached hydrogens (tertiary/aromatic N) is 1. The lowest BCUT2D eigenvalue weighted by Crippen LogP contribution is -2.34. The monoisotopic (exact) mass is 247 g/mol. The Morgan fingerprint density at radius 3 is 2.35 bits per heavy atom. The van der Waals surface area contributed by atoms with Crippen molar-refractivity contribution in [2.75, 3.05) is 6.54 Å². The van der Waals surface area contributed by atoms with E-state index < -0.39 is 35.5 Å². The van der Waals surface area contributed by atoms with Crippen molar-refractivity contribution < 1.29 is 23.2 Å². The summed E-state index contributed by atoms with van der Waals surface area (Å²) in [7, 11) is 0. The molecule has 1 amide bonds. The van der Waals surface area contributed by atoms with E-state index in [-0.39, 0.29) is 5.84 Å². The first-order chi connectivity index (χ1) is 7.95. The molecular weight excluding hydrogens is 239 g/mol. The van der Waals surface area contributed by atoms with Gasteiger partial charge in [-0.15, -0.1) is 0 Å². The van der Waals surface area contributed by atoms with Gasteiger partial charge in [-0.05, 0) is 0 Å². The second-order valence-electron chi connectivity index (χ2n) is 3.02. The number of amidine groups is 1. The van der Waals surface area contributed by atoms with Crippen LogP contribution in [-0.4, -0.2) is 23.5 Å². The number of carbonyl (C=O) groups is 1. The van der Waals surface area contributed by atoms with Crippen LogP contribution < -0.4 is 11.1 Å². The van der Waals surface area contributed by atoms with Gasteiger partial charge < -0.3 is 16.3 Å². The zero-order chi connectivity index (χ0) is 13.0. The third kappa shape index (κ3) is 3.10. The molecule has 0 spiro atoms. The smallest absolute Gasteiger partial charge is 0.257 e. The quantitative estimate of drug-likeness (QED) is 0.316. The van der Waals surface area contributed by atoms with Crippen LogP contribution in [0.15, 0.2) is 17.3 Å². The molecule has 0 aromatic heterocycles. The van der Waals surface area contributed by atoms with E-state index >= 15 is 0 Å². The van der Waals surface area contributed by atoms with Crippen molar-refractivity contribution in [2.45, 2.75) is 0 Å². The molecule has 5 nitrogen and oxygen atoms in total. The van der Waals surface area contributed by atoms with Crippen LogP contribution >= 0.6 is 0 Å². The van der Waals surface area contributed by atoms with Gasteiger partial charge in [0.2, 0.25) is 0 Å². The van der Waals surface area contributed by atoms with E-state index in [1.807, 2.05) is 5.32 Å². The topological polar surface area (TPSA) is 87.7 Å². The maximum absolute atomic E-state index is 13.1. The lowest BCUT2D eigenvalue weighted by molar-refractivity contribution is 0.0950. The first kappa shape index (κ1) is 12.8. The van der Waals surface area contributed by atoms with Gasteiger partial charge in [0.05, 0.1) is 6.54 Å². The number of carbonyl (C=O) groups excluding carboxylic acids is 1. The highest BCUT2D eigenvalue weighted by molar-refractivity contribution is 5.97. The predicted molar refractivity (Wildman–Crippen MR) is 52.1 cm³/mol. The highest BCUT2D eigenvalue weighted by atomic mass is 19.1. The van der Waals surface area contributed by atoms with E-state index in [1.165, 1.54) is 0 Å². The van der Waals surface area contributed by atoms with Gasteiger partial charge in [0.25, 0.3) is 5.91 Å². The van der Waals surface area contributed by atoms with Gasteiger partial charge in [-0.2, -0.15) is 0 Å². The summed E-state index contributed by atoms with van der Waals surface area (Å²) < 4.78 is 38.8. The Hall–Kier alpha value is -2.25. The van der Waals surface area contributed by atoms with Crippen LogP contribution in [-0.2, 0) is 0 Å². The molecule has 1 rings (SSSR count). The largest absolute Gasteiger partial charge is 0.409 e. The van der Waals surface area contributed by atoms with Crippen molar-refractivity contribution in [1.29, 1.82) is 0 Å². The minimum atomic E-state index is -1.33. The fourth-order valence-electron chi connectivity index (χ4n) is 1.05. The Balaban J connectivity index is 2.90. The van der Waals surface area contributed by atoms with Crippen LogP contribution in [0.1, 0.15) is 10.4 Å². The molecule has 17 heavy (non-hydrogen) atoms. The normalized spacial score (nSPS) is 11.4. The van der Waals surface area contributed by atoms with Gasteiger partial charge in [0, 0.05) is 12.1 Å². The van der Waals surface area contributed by atoms with Gasteiger partial charge in [-0.1, -0.05) is 5.16 Å². The Labute approximate surface area is 93.7 Å². The molecule has 0 aliphatic heterocycles. The van der Waals surface area contributed by atoms with Crippen LogP contribution in [0.25, 0.3) is 0 Å². The molecule has 1 aromatic rings. The van der Waals surface area contributed by atoms with Gasteiger partial charge in [-0.3, -0.25) is 4.79 Å². The lowest BCUT2D eigenvalue weighted by atomic mass is 10.2. The van der Waals surface area contributed by atoms with Crippen molar-refractivity contribution in [1.82, 2.24) is 5.32 Å². The molecule has 0 fully saturated rings. The highest BCUT2D eigenvalue weighted by Crippen LogP contribution is 2.14.